The van der Waals surface area contributed by atoms with Gasteiger partial charge in [-0.1, -0.05) is 6.92 Å². The van der Waals surface area contributed by atoms with Crippen molar-refractivity contribution in [1.82, 2.24) is 9.55 Å². The van der Waals surface area contributed by atoms with Gasteiger partial charge in [0.2, 0.25) is 0 Å². The molecule has 0 saturated heterocycles. The highest BCUT2D eigenvalue weighted by Crippen LogP contribution is 2.40. The fourth-order valence-electron chi connectivity index (χ4n) is 4.37. The molecule has 138 valence electrons. The molecule has 0 atom stereocenters. The van der Waals surface area contributed by atoms with Gasteiger partial charge in [-0.3, -0.25) is 4.98 Å². The van der Waals surface area contributed by atoms with Crippen molar-refractivity contribution in [2.24, 2.45) is 5.92 Å². The van der Waals surface area contributed by atoms with E-state index in [4.69, 9.17) is 5.73 Å². The first-order chi connectivity index (χ1) is 13.0. The lowest BCUT2D eigenvalue weighted by Gasteiger charge is -2.28. The molecule has 0 amide bonds. The van der Waals surface area contributed by atoms with Gasteiger partial charge < -0.3 is 10.3 Å². The van der Waals surface area contributed by atoms with Crippen LogP contribution in [0.25, 0.3) is 22.0 Å². The van der Waals surface area contributed by atoms with E-state index in [-0.39, 0.29) is 0 Å². The van der Waals surface area contributed by atoms with Gasteiger partial charge in [-0.05, 0) is 68.7 Å². The van der Waals surface area contributed by atoms with Crippen LogP contribution >= 0.6 is 0 Å². The Hall–Kier alpha value is -2.80. The highest BCUT2D eigenvalue weighted by molar-refractivity contribution is 5.98. The monoisotopic (exact) mass is 358 g/mol. The van der Waals surface area contributed by atoms with Gasteiger partial charge in [0.25, 0.3) is 0 Å². The van der Waals surface area contributed by atoms with Crippen LogP contribution in [0.4, 0.5) is 5.69 Å². The minimum absolute atomic E-state index is 0.513. The summed E-state index contributed by atoms with van der Waals surface area (Å²) in [4.78, 5) is 4.32. The summed E-state index contributed by atoms with van der Waals surface area (Å²) in [6, 6.07) is 7.05. The van der Waals surface area contributed by atoms with E-state index in [2.05, 4.69) is 34.8 Å². The van der Waals surface area contributed by atoms with Gasteiger partial charge in [0.05, 0.1) is 23.5 Å². The Morgan fingerprint density at radius 2 is 1.85 bits per heavy atom. The van der Waals surface area contributed by atoms with Gasteiger partial charge in [0, 0.05) is 40.5 Å². The third-order valence-electron chi connectivity index (χ3n) is 6.22. The van der Waals surface area contributed by atoms with E-state index >= 15 is 0 Å². The molecule has 4 rings (SSSR count). The molecule has 0 aliphatic heterocycles. The van der Waals surface area contributed by atoms with E-state index in [0.717, 1.165) is 39.1 Å². The van der Waals surface area contributed by atoms with Gasteiger partial charge in [-0.25, -0.2) is 0 Å². The van der Waals surface area contributed by atoms with E-state index in [1.54, 1.807) is 6.20 Å². The van der Waals surface area contributed by atoms with Crippen molar-refractivity contribution < 1.29 is 0 Å². The molecule has 1 aliphatic rings. The number of nitrogen functional groups attached to an aromatic ring is 1. The number of nitrogens with two attached hydrogens (primary N) is 1. The van der Waals surface area contributed by atoms with Gasteiger partial charge in [-0.15, -0.1) is 0 Å². The topological polar surface area (TPSA) is 67.6 Å². The lowest BCUT2D eigenvalue weighted by atomic mass is 9.87. The Balaban J connectivity index is 1.96. The molecular weight excluding hydrogens is 332 g/mol. The Bertz CT molecular complexity index is 1050. The number of fused-ring (bicyclic) bond motifs is 1. The van der Waals surface area contributed by atoms with Crippen molar-refractivity contribution >= 4 is 16.6 Å². The third-order valence-corrected chi connectivity index (χ3v) is 6.22. The van der Waals surface area contributed by atoms with E-state index in [1.165, 1.54) is 31.2 Å². The number of rotatable bonds is 2. The zero-order chi connectivity index (χ0) is 19.1. The van der Waals surface area contributed by atoms with Crippen molar-refractivity contribution in [3.63, 3.8) is 0 Å². The minimum atomic E-state index is 0.513. The standard InChI is InChI=1S/C23H26N4/c1-14-4-6-18(7-5-14)27-13-21(20-11-26-12-22(25)16(20)3)19-9-17(10-24)15(2)8-23(19)27/h8-9,11-14,18H,4-7,25H2,1-3H3. The first-order valence-electron chi connectivity index (χ1n) is 9.75. The van der Waals surface area contributed by atoms with Crippen LogP contribution in [0.15, 0.2) is 30.7 Å². The Labute approximate surface area is 160 Å². The Morgan fingerprint density at radius 3 is 2.56 bits per heavy atom. The van der Waals surface area contributed by atoms with Crippen molar-refractivity contribution in [2.75, 3.05) is 5.73 Å². The summed E-state index contributed by atoms with van der Waals surface area (Å²) < 4.78 is 2.44. The lowest BCUT2D eigenvalue weighted by Crippen LogP contribution is -2.16. The van der Waals surface area contributed by atoms with Crippen molar-refractivity contribution in [3.05, 3.63) is 47.4 Å². The molecule has 3 aromatic rings. The zero-order valence-corrected chi connectivity index (χ0v) is 16.3. The molecule has 2 heterocycles. The molecule has 1 aromatic carbocycles. The average Bonchev–Trinajstić information content (AvgIpc) is 3.02. The molecule has 1 saturated carbocycles. The SMILES string of the molecule is Cc1cc2c(cc1C#N)c(-c1cncc(N)c1C)cn2C1CCC(C)CC1. The fraction of sp³-hybridized carbons (Fsp3) is 0.391. The van der Waals surface area contributed by atoms with Gasteiger partial charge in [-0.2, -0.15) is 5.26 Å². The molecule has 0 radical (unpaired) electrons. The van der Waals surface area contributed by atoms with Crippen LogP contribution in [-0.2, 0) is 0 Å². The molecule has 4 nitrogen and oxygen atoms in total. The van der Waals surface area contributed by atoms with Crippen LogP contribution in [0, 0.1) is 31.1 Å². The van der Waals surface area contributed by atoms with Crippen molar-refractivity contribution in [3.8, 4) is 17.2 Å². The number of nitrogens with zero attached hydrogens (tertiary/aromatic N) is 3. The molecule has 2 aromatic heterocycles. The van der Waals surface area contributed by atoms with E-state index < -0.39 is 0 Å². The van der Waals surface area contributed by atoms with Crippen LogP contribution in [-0.4, -0.2) is 9.55 Å². The summed E-state index contributed by atoms with van der Waals surface area (Å²) in [5.41, 5.74) is 13.0. The number of aromatic nitrogens is 2. The number of pyridine rings is 1. The highest BCUT2D eigenvalue weighted by atomic mass is 15.0. The fourth-order valence-corrected chi connectivity index (χ4v) is 4.37. The second kappa shape index (κ2) is 6.74. The summed E-state index contributed by atoms with van der Waals surface area (Å²) in [7, 11) is 0. The van der Waals surface area contributed by atoms with E-state index in [9.17, 15) is 5.26 Å². The first kappa shape index (κ1) is 17.6. The van der Waals surface area contributed by atoms with Gasteiger partial charge in [0.1, 0.15) is 0 Å². The smallest absolute Gasteiger partial charge is 0.0994 e. The number of nitriles is 1. The van der Waals surface area contributed by atoms with Crippen molar-refractivity contribution in [1.29, 1.82) is 5.26 Å². The van der Waals surface area contributed by atoms with E-state index in [1.807, 2.05) is 26.1 Å². The largest absolute Gasteiger partial charge is 0.397 e. The number of hydrogen-bond donors (Lipinski definition) is 1. The normalized spacial score (nSPS) is 19.9. The number of anilines is 1. The predicted octanol–water partition coefficient (Wildman–Crippen LogP) is 5.53. The summed E-state index contributed by atoms with van der Waals surface area (Å²) in [6.45, 7) is 6.41. The van der Waals surface area contributed by atoms with Crippen LogP contribution in [0.3, 0.4) is 0 Å². The second-order valence-corrected chi connectivity index (χ2v) is 8.06. The van der Waals surface area contributed by atoms with Gasteiger partial charge in [0.15, 0.2) is 0 Å². The maximum atomic E-state index is 9.53. The summed E-state index contributed by atoms with van der Waals surface area (Å²) in [6.07, 6.45) is 10.8. The minimum Gasteiger partial charge on any atom is -0.397 e. The molecule has 27 heavy (non-hydrogen) atoms. The molecule has 1 fully saturated rings. The maximum absolute atomic E-state index is 9.53. The number of aryl methyl sites for hydroxylation is 1. The molecular formula is C23H26N4. The highest BCUT2D eigenvalue weighted by Gasteiger charge is 2.23. The van der Waals surface area contributed by atoms with Crippen LogP contribution in [0.1, 0.15) is 55.3 Å². The summed E-state index contributed by atoms with van der Waals surface area (Å²) in [5.74, 6) is 0.815. The average molecular weight is 358 g/mol. The number of benzene rings is 1. The molecule has 0 bridgehead atoms. The lowest BCUT2D eigenvalue weighted by molar-refractivity contribution is 0.294. The number of hydrogen-bond acceptors (Lipinski definition) is 3. The molecule has 4 heteroatoms. The quantitative estimate of drug-likeness (QED) is 0.655. The van der Waals surface area contributed by atoms with Crippen LogP contribution < -0.4 is 5.73 Å². The van der Waals surface area contributed by atoms with Crippen LogP contribution in [0.2, 0.25) is 0 Å². The maximum Gasteiger partial charge on any atom is 0.0994 e. The van der Waals surface area contributed by atoms with E-state index in [0.29, 0.717) is 11.7 Å². The zero-order valence-electron chi connectivity index (χ0n) is 16.3. The Kier molecular flexibility index (Phi) is 4.39. The third kappa shape index (κ3) is 2.98. The second-order valence-electron chi connectivity index (χ2n) is 8.06. The molecule has 1 aliphatic carbocycles. The molecule has 2 N–H and O–H groups in total. The van der Waals surface area contributed by atoms with Crippen LogP contribution in [0.5, 0.6) is 0 Å². The van der Waals surface area contributed by atoms with Gasteiger partial charge >= 0.3 is 0 Å². The summed E-state index contributed by atoms with van der Waals surface area (Å²) in [5, 5.41) is 10.7. The molecule has 0 spiro atoms. The Morgan fingerprint density at radius 1 is 1.11 bits per heavy atom. The van der Waals surface area contributed by atoms with Crippen molar-refractivity contribution in [2.45, 2.75) is 52.5 Å². The molecule has 0 unspecified atom stereocenters. The summed E-state index contributed by atoms with van der Waals surface area (Å²) >= 11 is 0. The first-order valence-corrected chi connectivity index (χ1v) is 9.75. The predicted molar refractivity (Wildman–Crippen MR) is 110 cm³/mol.